The molecular formula is C21H22F3NO5. The van der Waals surface area contributed by atoms with Gasteiger partial charge in [-0.15, -0.1) is 0 Å². The Hall–Kier alpha value is -2.33. The molecule has 162 valence electrons. The standard InChI is InChI=1S/C21H22F3NO5/c22-13-3-1-2-4-17(13)30-18-7-12-8-25(10-21(12,29)20(18)28)9-16(26)11-5-14(23)19(27)15(24)6-11/h1-6,12,16,18,20,26-29H,7-10H2/t12-,16-,18+,20+,21-/m0/s1. The quantitative estimate of drug-likeness (QED) is 0.583. The molecule has 2 aromatic rings. The topological polar surface area (TPSA) is 93.4 Å². The summed E-state index contributed by atoms with van der Waals surface area (Å²) in [7, 11) is 0. The molecule has 6 nitrogen and oxygen atoms in total. The van der Waals surface area contributed by atoms with Crippen LogP contribution in [0.3, 0.4) is 0 Å². The van der Waals surface area contributed by atoms with E-state index in [0.717, 1.165) is 12.1 Å². The van der Waals surface area contributed by atoms with E-state index < -0.39 is 47.1 Å². The van der Waals surface area contributed by atoms with Crippen LogP contribution in [0.25, 0.3) is 0 Å². The van der Waals surface area contributed by atoms with Gasteiger partial charge in [0.25, 0.3) is 0 Å². The summed E-state index contributed by atoms with van der Waals surface area (Å²) in [6.07, 6.45) is -3.04. The Morgan fingerprint density at radius 2 is 1.80 bits per heavy atom. The lowest BCUT2D eigenvalue weighted by atomic mass is 9.93. The van der Waals surface area contributed by atoms with Crippen molar-refractivity contribution in [2.75, 3.05) is 19.6 Å². The van der Waals surface area contributed by atoms with E-state index in [9.17, 15) is 33.6 Å². The fourth-order valence-corrected chi connectivity index (χ4v) is 4.45. The van der Waals surface area contributed by atoms with Crippen molar-refractivity contribution in [1.82, 2.24) is 4.90 Å². The number of para-hydroxylation sites is 1. The second-order valence-electron chi connectivity index (χ2n) is 8.00. The SMILES string of the molecule is Oc1c(F)cc([C@@H](O)CN2C[C@@H]3C[C@@H](Oc4ccccc4F)[C@@H](O)[C@]3(O)C2)cc1F. The molecule has 1 aliphatic heterocycles. The Labute approximate surface area is 170 Å². The number of aliphatic hydroxyl groups is 3. The maximum absolute atomic E-state index is 13.8. The zero-order chi connectivity index (χ0) is 21.6. The molecule has 2 fully saturated rings. The summed E-state index contributed by atoms with van der Waals surface area (Å²) >= 11 is 0. The van der Waals surface area contributed by atoms with Crippen molar-refractivity contribution in [1.29, 1.82) is 0 Å². The van der Waals surface area contributed by atoms with Crippen molar-refractivity contribution < 1.29 is 38.3 Å². The van der Waals surface area contributed by atoms with Crippen LogP contribution in [0, 0.1) is 23.4 Å². The zero-order valence-corrected chi connectivity index (χ0v) is 15.9. The summed E-state index contributed by atoms with van der Waals surface area (Å²) in [6, 6.07) is 7.50. The van der Waals surface area contributed by atoms with Gasteiger partial charge in [0.2, 0.25) is 0 Å². The number of benzene rings is 2. The molecule has 0 spiro atoms. The zero-order valence-electron chi connectivity index (χ0n) is 15.9. The normalized spacial score (nSPS) is 29.7. The Morgan fingerprint density at radius 1 is 1.13 bits per heavy atom. The molecule has 1 saturated heterocycles. The highest BCUT2D eigenvalue weighted by Crippen LogP contribution is 2.44. The van der Waals surface area contributed by atoms with Gasteiger partial charge in [0.1, 0.15) is 17.8 Å². The maximum atomic E-state index is 13.8. The van der Waals surface area contributed by atoms with Crippen molar-refractivity contribution in [2.24, 2.45) is 5.92 Å². The molecule has 4 rings (SSSR count). The second-order valence-corrected chi connectivity index (χ2v) is 8.00. The van der Waals surface area contributed by atoms with Gasteiger partial charge < -0.3 is 25.2 Å². The first-order chi connectivity index (χ1) is 14.2. The average Bonchev–Trinajstić information content (AvgIpc) is 3.12. The van der Waals surface area contributed by atoms with E-state index in [2.05, 4.69) is 0 Å². The first-order valence-electron chi connectivity index (χ1n) is 9.59. The lowest BCUT2D eigenvalue weighted by Crippen LogP contribution is -2.49. The average molecular weight is 425 g/mol. The van der Waals surface area contributed by atoms with Gasteiger partial charge in [0, 0.05) is 25.6 Å². The highest BCUT2D eigenvalue weighted by atomic mass is 19.1. The number of aromatic hydroxyl groups is 1. The summed E-state index contributed by atoms with van der Waals surface area (Å²) in [5.74, 6) is -4.42. The minimum Gasteiger partial charge on any atom is -0.503 e. The minimum absolute atomic E-state index is 0.00575. The third-order valence-electron chi connectivity index (χ3n) is 6.01. The van der Waals surface area contributed by atoms with Gasteiger partial charge in [-0.25, -0.2) is 13.2 Å². The molecule has 1 aliphatic carbocycles. The highest BCUT2D eigenvalue weighted by Gasteiger charge is 2.59. The van der Waals surface area contributed by atoms with Crippen molar-refractivity contribution in [3.8, 4) is 11.5 Å². The molecule has 0 unspecified atom stereocenters. The number of β-amino-alcohol motifs (C(OH)–C–C–N with tert-alkyl or cyclic N) is 2. The number of fused-ring (bicyclic) bond motifs is 1. The fourth-order valence-electron chi connectivity index (χ4n) is 4.45. The van der Waals surface area contributed by atoms with Crippen LogP contribution in [0.1, 0.15) is 18.1 Å². The van der Waals surface area contributed by atoms with Crippen molar-refractivity contribution >= 4 is 0 Å². The number of ether oxygens (including phenoxy) is 1. The van der Waals surface area contributed by atoms with Crippen molar-refractivity contribution in [3.63, 3.8) is 0 Å². The maximum Gasteiger partial charge on any atom is 0.187 e. The number of nitrogens with zero attached hydrogens (tertiary/aromatic N) is 1. The Morgan fingerprint density at radius 3 is 2.43 bits per heavy atom. The number of phenolic OH excluding ortho intramolecular Hbond substituents is 1. The summed E-state index contributed by atoms with van der Waals surface area (Å²) < 4.78 is 46.5. The van der Waals surface area contributed by atoms with Gasteiger partial charge in [-0.3, -0.25) is 4.90 Å². The summed E-state index contributed by atoms with van der Waals surface area (Å²) in [6.45, 7) is 0.287. The lowest BCUT2D eigenvalue weighted by Gasteiger charge is -2.29. The smallest absolute Gasteiger partial charge is 0.187 e. The van der Waals surface area contributed by atoms with E-state index in [1.807, 2.05) is 0 Å². The minimum atomic E-state index is -1.51. The summed E-state index contributed by atoms with van der Waals surface area (Å²) in [4.78, 5) is 1.68. The van der Waals surface area contributed by atoms with Gasteiger partial charge in [-0.05, 0) is 36.2 Å². The molecule has 4 N–H and O–H groups in total. The van der Waals surface area contributed by atoms with E-state index in [4.69, 9.17) is 4.74 Å². The van der Waals surface area contributed by atoms with E-state index in [-0.39, 0.29) is 36.7 Å². The Balaban J connectivity index is 1.41. The number of likely N-dealkylation sites (tertiary alicyclic amines) is 1. The van der Waals surface area contributed by atoms with Gasteiger partial charge in [-0.1, -0.05) is 12.1 Å². The molecule has 2 aliphatic rings. The van der Waals surface area contributed by atoms with Crippen LogP contribution in [0.15, 0.2) is 36.4 Å². The van der Waals surface area contributed by atoms with Crippen LogP contribution >= 0.6 is 0 Å². The number of hydrogen-bond acceptors (Lipinski definition) is 6. The molecule has 2 aromatic carbocycles. The van der Waals surface area contributed by atoms with Crippen LogP contribution in [0.4, 0.5) is 13.2 Å². The second kappa shape index (κ2) is 7.73. The van der Waals surface area contributed by atoms with Crippen LogP contribution in [-0.4, -0.2) is 62.8 Å². The van der Waals surface area contributed by atoms with E-state index >= 15 is 0 Å². The Kier molecular flexibility index (Phi) is 5.39. The van der Waals surface area contributed by atoms with Crippen LogP contribution in [-0.2, 0) is 0 Å². The predicted molar refractivity (Wildman–Crippen MR) is 99.3 cm³/mol. The molecular weight excluding hydrogens is 403 g/mol. The van der Waals surface area contributed by atoms with Crippen molar-refractivity contribution in [2.45, 2.75) is 30.3 Å². The Bertz CT molecular complexity index is 922. The molecule has 0 amide bonds. The van der Waals surface area contributed by atoms with Gasteiger partial charge in [0.15, 0.2) is 29.0 Å². The highest BCUT2D eigenvalue weighted by molar-refractivity contribution is 5.31. The molecule has 30 heavy (non-hydrogen) atoms. The molecule has 1 saturated carbocycles. The predicted octanol–water partition coefficient (Wildman–Crippen LogP) is 1.72. The van der Waals surface area contributed by atoms with Crippen molar-refractivity contribution in [3.05, 3.63) is 59.4 Å². The van der Waals surface area contributed by atoms with Gasteiger partial charge in [0.05, 0.1) is 6.10 Å². The van der Waals surface area contributed by atoms with E-state index in [1.165, 1.54) is 18.2 Å². The summed E-state index contributed by atoms with van der Waals surface area (Å²) in [5, 5.41) is 41.1. The molecule has 0 aromatic heterocycles. The number of aliphatic hydroxyl groups excluding tert-OH is 2. The largest absolute Gasteiger partial charge is 0.503 e. The first-order valence-corrected chi connectivity index (χ1v) is 9.59. The number of phenols is 1. The van der Waals surface area contributed by atoms with Gasteiger partial charge >= 0.3 is 0 Å². The molecule has 0 radical (unpaired) electrons. The fraction of sp³-hybridized carbons (Fsp3) is 0.429. The summed E-state index contributed by atoms with van der Waals surface area (Å²) in [5.41, 5.74) is -1.56. The van der Waals surface area contributed by atoms with E-state index in [0.29, 0.717) is 6.54 Å². The third-order valence-corrected chi connectivity index (χ3v) is 6.01. The van der Waals surface area contributed by atoms with Gasteiger partial charge in [-0.2, -0.15) is 0 Å². The first kappa shape index (κ1) is 20.9. The van der Waals surface area contributed by atoms with Crippen LogP contribution in [0.2, 0.25) is 0 Å². The third kappa shape index (κ3) is 3.62. The number of hydrogen-bond donors (Lipinski definition) is 4. The molecule has 1 heterocycles. The monoisotopic (exact) mass is 425 g/mol. The van der Waals surface area contributed by atoms with E-state index in [1.54, 1.807) is 11.0 Å². The van der Waals surface area contributed by atoms with Crippen LogP contribution < -0.4 is 4.74 Å². The molecule has 5 atom stereocenters. The number of rotatable bonds is 5. The van der Waals surface area contributed by atoms with Crippen LogP contribution in [0.5, 0.6) is 11.5 Å². The lowest BCUT2D eigenvalue weighted by molar-refractivity contribution is -0.0879. The molecule has 0 bridgehead atoms. The number of halogens is 3. The molecule has 9 heteroatoms.